The maximum absolute atomic E-state index is 11.6. The fourth-order valence-electron chi connectivity index (χ4n) is 1.53. The number of rotatable bonds is 9. The molecule has 7 heteroatoms. The third-order valence-corrected chi connectivity index (χ3v) is 3.25. The number of nitrogens with one attached hydrogen (secondary N) is 2. The molecule has 20 heavy (non-hydrogen) atoms. The van der Waals surface area contributed by atoms with Crippen LogP contribution in [0, 0.1) is 13.8 Å². The third kappa shape index (κ3) is 7.42. The van der Waals surface area contributed by atoms with Gasteiger partial charge in [-0.3, -0.25) is 4.79 Å². The normalized spacial score (nSPS) is 10.6. The lowest BCUT2D eigenvalue weighted by Crippen LogP contribution is -2.33. The Kier molecular flexibility index (Phi) is 8.17. The Hall–Kier alpha value is -1.18. The van der Waals surface area contributed by atoms with Crippen molar-refractivity contribution in [3.8, 4) is 0 Å². The van der Waals surface area contributed by atoms with Gasteiger partial charge >= 0.3 is 0 Å². The molecule has 0 atom stereocenters. The van der Waals surface area contributed by atoms with Crippen LogP contribution in [-0.4, -0.2) is 55.0 Å². The smallest absolute Gasteiger partial charge is 0.230 e. The van der Waals surface area contributed by atoms with Crippen molar-refractivity contribution >= 4 is 17.7 Å². The summed E-state index contributed by atoms with van der Waals surface area (Å²) in [5.41, 5.74) is 1.84. The van der Waals surface area contributed by atoms with Gasteiger partial charge in [0.05, 0.1) is 12.4 Å². The predicted molar refractivity (Wildman–Crippen MR) is 80.0 cm³/mol. The van der Waals surface area contributed by atoms with E-state index in [1.54, 1.807) is 7.11 Å². The molecule has 1 amide bonds. The molecule has 112 valence electrons. The number of aromatic nitrogens is 2. The molecule has 0 aliphatic heterocycles. The fraction of sp³-hybridized carbons (Fsp3) is 0.615. The van der Waals surface area contributed by atoms with Crippen LogP contribution >= 0.6 is 11.8 Å². The molecular formula is C13H22N4O2S. The van der Waals surface area contributed by atoms with Crippen LogP contribution in [-0.2, 0) is 9.53 Å². The number of ether oxygens (including phenoxy) is 1. The molecule has 0 unspecified atom stereocenters. The Morgan fingerprint density at radius 2 is 1.95 bits per heavy atom. The molecule has 1 aromatic heterocycles. The molecule has 0 aliphatic carbocycles. The van der Waals surface area contributed by atoms with E-state index < -0.39 is 0 Å². The van der Waals surface area contributed by atoms with Crippen LogP contribution in [0.3, 0.4) is 0 Å². The minimum atomic E-state index is -0.00805. The highest BCUT2D eigenvalue weighted by Gasteiger charge is 2.05. The van der Waals surface area contributed by atoms with Gasteiger partial charge in [-0.05, 0) is 19.9 Å². The van der Waals surface area contributed by atoms with Crippen molar-refractivity contribution in [3.05, 3.63) is 17.5 Å². The molecule has 1 rings (SSSR count). The number of thioether (sulfide) groups is 1. The molecule has 0 aliphatic rings. The van der Waals surface area contributed by atoms with Gasteiger partial charge in [0.2, 0.25) is 5.91 Å². The molecule has 1 heterocycles. The molecule has 0 saturated heterocycles. The molecule has 0 fully saturated rings. The van der Waals surface area contributed by atoms with Crippen molar-refractivity contribution in [2.75, 3.05) is 39.1 Å². The van der Waals surface area contributed by atoms with E-state index in [2.05, 4.69) is 20.6 Å². The van der Waals surface area contributed by atoms with E-state index in [0.29, 0.717) is 24.1 Å². The van der Waals surface area contributed by atoms with Gasteiger partial charge in [0.25, 0.3) is 0 Å². The van der Waals surface area contributed by atoms with Gasteiger partial charge in [-0.15, -0.1) is 0 Å². The Morgan fingerprint density at radius 3 is 2.60 bits per heavy atom. The second kappa shape index (κ2) is 9.68. The summed E-state index contributed by atoms with van der Waals surface area (Å²) in [7, 11) is 1.66. The van der Waals surface area contributed by atoms with Crippen LogP contribution in [0.4, 0.5) is 0 Å². The number of carbonyl (C=O) groups excluding carboxylic acids is 1. The SMILES string of the molecule is COCCNCCNC(=O)CSc1nc(C)cc(C)n1. The number of hydrogen-bond acceptors (Lipinski definition) is 6. The second-order valence-electron chi connectivity index (χ2n) is 4.31. The van der Waals surface area contributed by atoms with E-state index in [-0.39, 0.29) is 5.91 Å². The first-order valence-electron chi connectivity index (χ1n) is 6.53. The van der Waals surface area contributed by atoms with E-state index in [1.165, 1.54) is 11.8 Å². The molecule has 1 aromatic rings. The van der Waals surface area contributed by atoms with Crippen molar-refractivity contribution in [1.29, 1.82) is 0 Å². The quantitative estimate of drug-likeness (QED) is 0.394. The van der Waals surface area contributed by atoms with Gasteiger partial charge < -0.3 is 15.4 Å². The summed E-state index contributed by atoms with van der Waals surface area (Å²) in [6, 6.07) is 1.91. The van der Waals surface area contributed by atoms with Crippen molar-refractivity contribution < 1.29 is 9.53 Å². The van der Waals surface area contributed by atoms with Crippen LogP contribution in [0.5, 0.6) is 0 Å². The van der Waals surface area contributed by atoms with E-state index in [1.807, 2.05) is 19.9 Å². The third-order valence-electron chi connectivity index (χ3n) is 2.40. The van der Waals surface area contributed by atoms with E-state index in [4.69, 9.17) is 4.74 Å². The van der Waals surface area contributed by atoms with Crippen molar-refractivity contribution in [1.82, 2.24) is 20.6 Å². The summed E-state index contributed by atoms with van der Waals surface area (Å²) in [6.45, 7) is 6.65. The average molecular weight is 298 g/mol. The molecule has 2 N–H and O–H groups in total. The maximum Gasteiger partial charge on any atom is 0.230 e. The van der Waals surface area contributed by atoms with Crippen molar-refractivity contribution in [2.24, 2.45) is 0 Å². The number of hydrogen-bond donors (Lipinski definition) is 2. The Morgan fingerprint density at radius 1 is 1.25 bits per heavy atom. The molecular weight excluding hydrogens is 276 g/mol. The van der Waals surface area contributed by atoms with Gasteiger partial charge in [-0.25, -0.2) is 9.97 Å². The second-order valence-corrected chi connectivity index (χ2v) is 5.26. The zero-order chi connectivity index (χ0) is 14.8. The summed E-state index contributed by atoms with van der Waals surface area (Å²) in [6.07, 6.45) is 0. The van der Waals surface area contributed by atoms with Crippen LogP contribution < -0.4 is 10.6 Å². The van der Waals surface area contributed by atoms with Crippen molar-refractivity contribution in [3.63, 3.8) is 0 Å². The van der Waals surface area contributed by atoms with E-state index >= 15 is 0 Å². The zero-order valence-corrected chi connectivity index (χ0v) is 13.0. The first-order chi connectivity index (χ1) is 9.61. The highest BCUT2D eigenvalue weighted by Crippen LogP contribution is 2.13. The topological polar surface area (TPSA) is 76.1 Å². The maximum atomic E-state index is 11.6. The predicted octanol–water partition coefficient (Wildman–Crippen LogP) is 0.538. The minimum Gasteiger partial charge on any atom is -0.383 e. The number of nitrogens with zero attached hydrogens (tertiary/aromatic N) is 2. The monoisotopic (exact) mass is 298 g/mol. The standard InChI is InChI=1S/C13H22N4O2S/c1-10-8-11(2)17-13(16-10)20-9-12(18)15-5-4-14-6-7-19-3/h8,14H,4-7,9H2,1-3H3,(H,15,18). The highest BCUT2D eigenvalue weighted by molar-refractivity contribution is 7.99. The van der Waals surface area contributed by atoms with Crippen LogP contribution in [0.1, 0.15) is 11.4 Å². The van der Waals surface area contributed by atoms with Crippen LogP contribution in [0.15, 0.2) is 11.2 Å². The number of amides is 1. The highest BCUT2D eigenvalue weighted by atomic mass is 32.2. The first-order valence-corrected chi connectivity index (χ1v) is 7.52. The largest absolute Gasteiger partial charge is 0.383 e. The van der Waals surface area contributed by atoms with Gasteiger partial charge in [0.1, 0.15) is 0 Å². The number of methoxy groups -OCH3 is 1. The Bertz CT molecular complexity index is 409. The first kappa shape index (κ1) is 16.9. The number of aryl methyl sites for hydroxylation is 2. The van der Waals surface area contributed by atoms with E-state index in [0.717, 1.165) is 24.5 Å². The summed E-state index contributed by atoms with van der Waals surface area (Å²) in [5.74, 6) is 0.326. The average Bonchev–Trinajstić information content (AvgIpc) is 2.39. The molecule has 0 bridgehead atoms. The lowest BCUT2D eigenvalue weighted by molar-refractivity contribution is -0.118. The Labute approximate surface area is 124 Å². The Balaban J connectivity index is 2.16. The summed E-state index contributed by atoms with van der Waals surface area (Å²) >= 11 is 1.35. The van der Waals surface area contributed by atoms with Crippen molar-refractivity contribution in [2.45, 2.75) is 19.0 Å². The van der Waals surface area contributed by atoms with Gasteiger partial charge in [0, 0.05) is 38.1 Å². The molecule has 0 radical (unpaired) electrons. The fourth-order valence-corrected chi connectivity index (χ4v) is 2.31. The summed E-state index contributed by atoms with van der Waals surface area (Å²) in [5, 5.41) is 6.65. The zero-order valence-electron chi connectivity index (χ0n) is 12.2. The van der Waals surface area contributed by atoms with Crippen LogP contribution in [0.25, 0.3) is 0 Å². The van der Waals surface area contributed by atoms with Gasteiger partial charge in [-0.2, -0.15) is 0 Å². The lowest BCUT2D eigenvalue weighted by atomic mass is 10.4. The molecule has 6 nitrogen and oxygen atoms in total. The van der Waals surface area contributed by atoms with Crippen LogP contribution in [0.2, 0.25) is 0 Å². The van der Waals surface area contributed by atoms with Gasteiger partial charge in [0.15, 0.2) is 5.16 Å². The molecule has 0 aromatic carbocycles. The number of carbonyl (C=O) groups is 1. The minimum absolute atomic E-state index is 0.00805. The molecule has 0 spiro atoms. The van der Waals surface area contributed by atoms with Gasteiger partial charge in [-0.1, -0.05) is 11.8 Å². The summed E-state index contributed by atoms with van der Waals surface area (Å²) in [4.78, 5) is 20.2. The van der Waals surface area contributed by atoms with E-state index in [9.17, 15) is 4.79 Å². The molecule has 0 saturated carbocycles. The lowest BCUT2D eigenvalue weighted by Gasteiger charge is -2.06. The summed E-state index contributed by atoms with van der Waals surface area (Å²) < 4.78 is 4.91.